The van der Waals surface area contributed by atoms with Crippen molar-refractivity contribution in [2.75, 3.05) is 7.05 Å². The number of hydrogen-bond acceptors (Lipinski definition) is 1. The Balaban J connectivity index is 2.64. The summed E-state index contributed by atoms with van der Waals surface area (Å²) >= 11 is 3.44. The van der Waals surface area contributed by atoms with Crippen molar-refractivity contribution in [1.82, 2.24) is 5.32 Å². The van der Waals surface area contributed by atoms with Crippen LogP contribution in [0.3, 0.4) is 0 Å². The molecule has 0 aromatic heterocycles. The normalized spacial score (nSPS) is 11.7. The molecule has 1 aromatic carbocycles. The van der Waals surface area contributed by atoms with Crippen molar-refractivity contribution in [3.8, 4) is 11.8 Å². The van der Waals surface area contributed by atoms with E-state index in [1.807, 2.05) is 14.0 Å². The monoisotopic (exact) mass is 265 g/mol. The second kappa shape index (κ2) is 6.66. The van der Waals surface area contributed by atoms with Crippen molar-refractivity contribution in [3.05, 3.63) is 34.3 Å². The van der Waals surface area contributed by atoms with Crippen LogP contribution in [0.25, 0.3) is 0 Å². The topological polar surface area (TPSA) is 12.0 Å². The quantitative estimate of drug-likeness (QED) is 0.822. The fraction of sp³-hybridized carbons (Fsp3) is 0.385. The molecule has 1 unspecified atom stereocenters. The molecule has 0 fully saturated rings. The number of rotatable bonds is 4. The lowest BCUT2D eigenvalue weighted by molar-refractivity contribution is 0.558. The molecule has 0 radical (unpaired) electrons. The summed E-state index contributed by atoms with van der Waals surface area (Å²) in [6.45, 7) is 1.88. The van der Waals surface area contributed by atoms with Crippen LogP contribution in [-0.4, -0.2) is 7.05 Å². The third kappa shape index (κ3) is 4.07. The average molecular weight is 266 g/mol. The van der Waals surface area contributed by atoms with Crippen LogP contribution >= 0.6 is 15.9 Å². The van der Waals surface area contributed by atoms with Gasteiger partial charge < -0.3 is 5.32 Å². The standard InChI is InChI=1S/C13H16BrN/c1-3-4-5-6-13(15-2)11-7-9-12(14)10-8-11/h7-10,13,15H,5-6H2,1-2H3. The van der Waals surface area contributed by atoms with E-state index in [0.29, 0.717) is 6.04 Å². The summed E-state index contributed by atoms with van der Waals surface area (Å²) in [6, 6.07) is 8.84. The Hall–Kier alpha value is -0.780. The number of hydrogen-bond donors (Lipinski definition) is 1. The predicted molar refractivity (Wildman–Crippen MR) is 68.6 cm³/mol. The van der Waals surface area contributed by atoms with Gasteiger partial charge in [-0.15, -0.1) is 11.8 Å². The van der Waals surface area contributed by atoms with Gasteiger partial charge in [-0.3, -0.25) is 0 Å². The Morgan fingerprint density at radius 1 is 1.33 bits per heavy atom. The number of halogens is 1. The van der Waals surface area contributed by atoms with Crippen LogP contribution < -0.4 is 5.32 Å². The Kier molecular flexibility index (Phi) is 5.45. The van der Waals surface area contributed by atoms with Gasteiger partial charge >= 0.3 is 0 Å². The molecule has 1 atom stereocenters. The summed E-state index contributed by atoms with van der Waals surface area (Å²) < 4.78 is 1.12. The molecule has 80 valence electrons. The van der Waals surface area contributed by atoms with Crippen LogP contribution in [0.5, 0.6) is 0 Å². The lowest BCUT2D eigenvalue weighted by Crippen LogP contribution is -2.15. The largest absolute Gasteiger partial charge is 0.313 e. The molecule has 0 bridgehead atoms. The van der Waals surface area contributed by atoms with Crippen LogP contribution in [0.15, 0.2) is 28.7 Å². The van der Waals surface area contributed by atoms with Crippen LogP contribution in [0.4, 0.5) is 0 Å². The molecular formula is C13H16BrN. The highest BCUT2D eigenvalue weighted by Gasteiger charge is 2.07. The van der Waals surface area contributed by atoms with Gasteiger partial charge in [0.05, 0.1) is 0 Å². The third-order valence-electron chi connectivity index (χ3n) is 2.36. The lowest BCUT2D eigenvalue weighted by Gasteiger charge is -2.15. The van der Waals surface area contributed by atoms with Gasteiger partial charge in [0.2, 0.25) is 0 Å². The molecule has 1 N–H and O–H groups in total. The van der Waals surface area contributed by atoms with Crippen LogP contribution in [0.1, 0.15) is 31.4 Å². The van der Waals surface area contributed by atoms with Crippen molar-refractivity contribution in [2.45, 2.75) is 25.8 Å². The summed E-state index contributed by atoms with van der Waals surface area (Å²) in [5.41, 5.74) is 1.32. The molecule has 0 aliphatic rings. The summed E-state index contributed by atoms with van der Waals surface area (Å²) in [7, 11) is 1.99. The van der Waals surface area contributed by atoms with Crippen molar-refractivity contribution >= 4 is 15.9 Å². The zero-order chi connectivity index (χ0) is 11.1. The molecule has 15 heavy (non-hydrogen) atoms. The first-order chi connectivity index (χ1) is 7.27. The van der Waals surface area contributed by atoms with Gasteiger partial charge in [-0.2, -0.15) is 0 Å². The second-order valence-corrected chi connectivity index (χ2v) is 4.27. The molecule has 0 spiro atoms. The summed E-state index contributed by atoms with van der Waals surface area (Å²) in [5.74, 6) is 6.02. The minimum Gasteiger partial charge on any atom is -0.313 e. The highest BCUT2D eigenvalue weighted by atomic mass is 79.9. The Morgan fingerprint density at radius 3 is 2.53 bits per heavy atom. The van der Waals surface area contributed by atoms with Crippen molar-refractivity contribution in [1.29, 1.82) is 0 Å². The van der Waals surface area contributed by atoms with Gasteiger partial charge in [0, 0.05) is 16.9 Å². The van der Waals surface area contributed by atoms with Gasteiger partial charge in [0.15, 0.2) is 0 Å². The van der Waals surface area contributed by atoms with Gasteiger partial charge in [0.1, 0.15) is 0 Å². The van der Waals surface area contributed by atoms with E-state index in [4.69, 9.17) is 0 Å². The molecule has 1 rings (SSSR count). The van der Waals surface area contributed by atoms with E-state index in [1.165, 1.54) is 5.56 Å². The Morgan fingerprint density at radius 2 is 2.00 bits per heavy atom. The minimum atomic E-state index is 0.402. The van der Waals surface area contributed by atoms with E-state index in [-0.39, 0.29) is 0 Å². The Labute approximate surface area is 100 Å². The van der Waals surface area contributed by atoms with Crippen LogP contribution in [-0.2, 0) is 0 Å². The molecule has 0 amide bonds. The van der Waals surface area contributed by atoms with Crippen molar-refractivity contribution in [3.63, 3.8) is 0 Å². The lowest BCUT2D eigenvalue weighted by atomic mass is 10.0. The molecule has 0 saturated heterocycles. The van der Waals surface area contributed by atoms with Gasteiger partial charge in [0.25, 0.3) is 0 Å². The first-order valence-electron chi connectivity index (χ1n) is 5.10. The third-order valence-corrected chi connectivity index (χ3v) is 2.88. The van der Waals surface area contributed by atoms with Gasteiger partial charge in [-0.05, 0) is 38.1 Å². The SMILES string of the molecule is CC#CCCC(NC)c1ccc(Br)cc1. The predicted octanol–water partition coefficient (Wildman–Crippen LogP) is 3.51. The fourth-order valence-corrected chi connectivity index (χ4v) is 1.78. The number of benzene rings is 1. The molecule has 0 aliphatic heterocycles. The average Bonchev–Trinajstić information content (AvgIpc) is 2.26. The van der Waals surface area contributed by atoms with Gasteiger partial charge in [-0.1, -0.05) is 28.1 Å². The smallest absolute Gasteiger partial charge is 0.0326 e. The zero-order valence-corrected chi connectivity index (χ0v) is 10.8. The minimum absolute atomic E-state index is 0.402. The summed E-state index contributed by atoms with van der Waals surface area (Å²) in [4.78, 5) is 0. The zero-order valence-electron chi connectivity index (χ0n) is 9.18. The molecule has 1 nitrogen and oxygen atoms in total. The molecular weight excluding hydrogens is 250 g/mol. The van der Waals surface area contributed by atoms with Crippen molar-refractivity contribution < 1.29 is 0 Å². The highest BCUT2D eigenvalue weighted by Crippen LogP contribution is 2.20. The summed E-state index contributed by atoms with van der Waals surface area (Å²) in [5, 5.41) is 3.31. The fourth-order valence-electron chi connectivity index (χ4n) is 1.51. The summed E-state index contributed by atoms with van der Waals surface area (Å²) in [6.07, 6.45) is 2.00. The van der Waals surface area contributed by atoms with E-state index in [0.717, 1.165) is 17.3 Å². The van der Waals surface area contributed by atoms with Crippen molar-refractivity contribution in [2.24, 2.45) is 0 Å². The van der Waals surface area contributed by atoms with Gasteiger partial charge in [-0.25, -0.2) is 0 Å². The maximum Gasteiger partial charge on any atom is 0.0326 e. The highest BCUT2D eigenvalue weighted by molar-refractivity contribution is 9.10. The second-order valence-electron chi connectivity index (χ2n) is 3.36. The van der Waals surface area contributed by atoms with E-state index >= 15 is 0 Å². The van der Waals surface area contributed by atoms with E-state index in [9.17, 15) is 0 Å². The van der Waals surface area contributed by atoms with E-state index < -0.39 is 0 Å². The van der Waals surface area contributed by atoms with E-state index in [1.54, 1.807) is 0 Å². The van der Waals surface area contributed by atoms with Crippen LogP contribution in [0.2, 0.25) is 0 Å². The first-order valence-corrected chi connectivity index (χ1v) is 5.89. The maximum absolute atomic E-state index is 3.44. The maximum atomic E-state index is 3.44. The molecule has 0 saturated carbocycles. The molecule has 0 aliphatic carbocycles. The molecule has 2 heteroatoms. The molecule has 0 heterocycles. The molecule has 1 aromatic rings. The number of nitrogens with one attached hydrogen (secondary N) is 1. The van der Waals surface area contributed by atoms with E-state index in [2.05, 4.69) is 57.4 Å². The first kappa shape index (κ1) is 12.3. The van der Waals surface area contributed by atoms with Crippen LogP contribution in [0, 0.1) is 11.8 Å². The Bertz CT molecular complexity index is 345.